The molecule has 0 aromatic heterocycles. The number of rotatable bonds is 1. The summed E-state index contributed by atoms with van der Waals surface area (Å²) in [6.07, 6.45) is 0. The van der Waals surface area contributed by atoms with Crippen LogP contribution >= 0.6 is 0 Å². The van der Waals surface area contributed by atoms with Gasteiger partial charge in [-0.1, -0.05) is 14.9 Å². The molecule has 0 amide bonds. The predicted octanol–water partition coefficient (Wildman–Crippen LogP) is 2.19. The monoisotopic (exact) mass is 138 g/mol. The molecule has 9 heavy (non-hydrogen) atoms. The molecule has 0 aliphatic rings. The minimum absolute atomic E-state index is 0. The molecule has 0 saturated carbocycles. The summed E-state index contributed by atoms with van der Waals surface area (Å²) >= 11 is 0. The Morgan fingerprint density at radius 2 is 1.11 bits per heavy atom. The van der Waals surface area contributed by atoms with Crippen LogP contribution in [0.1, 0.15) is 21.8 Å². The third-order valence-electron chi connectivity index (χ3n) is 0.289. The average molecular weight is 138 g/mol. The van der Waals surface area contributed by atoms with E-state index in [1.807, 2.05) is 6.92 Å². The van der Waals surface area contributed by atoms with E-state index < -0.39 is 0 Å². The van der Waals surface area contributed by atoms with Crippen LogP contribution in [0, 0.1) is 0 Å². The highest BCUT2D eigenvalue weighted by molar-refractivity contribution is 3.94. The quantitative estimate of drug-likeness (QED) is 0.553. The van der Waals surface area contributed by atoms with Gasteiger partial charge in [-0.15, -0.1) is 0 Å². The van der Waals surface area contributed by atoms with Crippen molar-refractivity contribution in [1.29, 1.82) is 0 Å². The van der Waals surface area contributed by atoms with Gasteiger partial charge in [0.15, 0.2) is 0 Å². The maximum Gasteiger partial charge on any atom is 0.0433 e. The molecule has 0 aliphatic heterocycles. The van der Waals surface area contributed by atoms with Crippen LogP contribution in [0.3, 0.4) is 0 Å². The smallest absolute Gasteiger partial charge is 0.0433 e. The summed E-state index contributed by atoms with van der Waals surface area (Å²) in [6, 6.07) is 0. The Labute approximate surface area is 60.2 Å². The van der Waals surface area contributed by atoms with E-state index in [1.165, 1.54) is 0 Å². The van der Waals surface area contributed by atoms with Crippen molar-refractivity contribution in [1.82, 2.24) is 0 Å². The van der Waals surface area contributed by atoms with Crippen molar-refractivity contribution < 1.29 is 9.47 Å². The maximum atomic E-state index is 4.54. The second-order valence-electron chi connectivity index (χ2n) is 0.986. The highest BCUT2D eigenvalue weighted by Gasteiger charge is 1.51. The first kappa shape index (κ1) is 23.1. The SMILES string of the molecule is C.C.CCOC.COC. The largest absolute Gasteiger partial charge is 0.388 e. The van der Waals surface area contributed by atoms with Crippen LogP contribution < -0.4 is 0 Å². The lowest BCUT2D eigenvalue weighted by Gasteiger charge is -1.76. The lowest BCUT2D eigenvalue weighted by molar-refractivity contribution is 0.215. The minimum atomic E-state index is 0. The van der Waals surface area contributed by atoms with Crippen molar-refractivity contribution >= 4 is 0 Å². The summed E-state index contributed by atoms with van der Waals surface area (Å²) in [6.45, 7) is 2.78. The van der Waals surface area contributed by atoms with Gasteiger partial charge in [-0.2, -0.15) is 0 Å². The summed E-state index contributed by atoms with van der Waals surface area (Å²) in [5.41, 5.74) is 0. The van der Waals surface area contributed by atoms with Crippen LogP contribution in [0.2, 0.25) is 0 Å². The normalized spacial score (nSPS) is 5.33. The lowest BCUT2D eigenvalue weighted by Crippen LogP contribution is -1.73. The maximum absolute atomic E-state index is 4.54. The van der Waals surface area contributed by atoms with E-state index in [0.29, 0.717) is 0 Å². The standard InChI is InChI=1S/C3H8O.C2H6O.2CH4/c1-3-4-2;1-3-2;;/h3H2,1-2H3;1-2H3;2*1H4. The van der Waals surface area contributed by atoms with Gasteiger partial charge >= 0.3 is 0 Å². The summed E-state index contributed by atoms with van der Waals surface area (Å²) in [4.78, 5) is 0. The average Bonchev–Trinajstić information content (AvgIpc) is 1.69. The van der Waals surface area contributed by atoms with Gasteiger partial charge in [0.2, 0.25) is 0 Å². The van der Waals surface area contributed by atoms with Gasteiger partial charge in [0.25, 0.3) is 0 Å². The fourth-order valence-corrected chi connectivity index (χ4v) is 0. The molecule has 0 bridgehead atoms. The predicted molar refractivity (Wildman–Crippen MR) is 43.9 cm³/mol. The molecule has 62 valence electrons. The molecule has 0 rings (SSSR count). The van der Waals surface area contributed by atoms with Gasteiger partial charge in [-0.25, -0.2) is 0 Å². The summed E-state index contributed by atoms with van der Waals surface area (Å²) in [7, 11) is 4.93. The zero-order chi connectivity index (χ0) is 6.12. The molecule has 0 aliphatic carbocycles. The van der Waals surface area contributed by atoms with Crippen LogP contribution in [0.15, 0.2) is 0 Å². The minimum Gasteiger partial charge on any atom is -0.388 e. The molecule has 2 nitrogen and oxygen atoms in total. The van der Waals surface area contributed by atoms with Crippen molar-refractivity contribution in [3.8, 4) is 0 Å². The second-order valence-corrected chi connectivity index (χ2v) is 0.986. The second kappa shape index (κ2) is 44.5. The van der Waals surface area contributed by atoms with E-state index in [0.717, 1.165) is 6.61 Å². The van der Waals surface area contributed by atoms with Crippen molar-refractivity contribution in [3.63, 3.8) is 0 Å². The Hall–Kier alpha value is -0.0800. The third-order valence-corrected chi connectivity index (χ3v) is 0.289. The van der Waals surface area contributed by atoms with Gasteiger partial charge in [0.05, 0.1) is 0 Å². The van der Waals surface area contributed by atoms with E-state index >= 15 is 0 Å². The molecule has 0 aromatic rings. The third kappa shape index (κ3) is 328. The molecule has 0 atom stereocenters. The number of hydrogen-bond donors (Lipinski definition) is 0. The highest BCUT2D eigenvalue weighted by Crippen LogP contribution is 1.52. The molecule has 0 radical (unpaired) electrons. The zero-order valence-electron chi connectivity index (χ0n) is 5.52. The van der Waals surface area contributed by atoms with Crippen molar-refractivity contribution in [2.24, 2.45) is 0 Å². The highest BCUT2D eigenvalue weighted by atomic mass is 16.5. The Kier molecular flexibility index (Phi) is 114. The van der Waals surface area contributed by atoms with E-state index in [9.17, 15) is 0 Å². The lowest BCUT2D eigenvalue weighted by atomic mass is 10.9. The molecular weight excluding hydrogens is 116 g/mol. The van der Waals surface area contributed by atoms with Gasteiger partial charge in [-0.3, -0.25) is 0 Å². The zero-order valence-corrected chi connectivity index (χ0v) is 5.52. The Bertz CT molecular complexity index is 14.4. The fraction of sp³-hybridized carbons (Fsp3) is 1.00. The molecule has 0 N–H and O–H groups in total. The Morgan fingerprint density at radius 1 is 1.00 bits per heavy atom. The topological polar surface area (TPSA) is 18.5 Å². The summed E-state index contributed by atoms with van der Waals surface area (Å²) in [5, 5.41) is 0. The molecule has 0 saturated heterocycles. The van der Waals surface area contributed by atoms with Crippen LogP contribution in [0.4, 0.5) is 0 Å². The van der Waals surface area contributed by atoms with E-state index in [4.69, 9.17) is 0 Å². The first-order valence-electron chi connectivity index (χ1n) is 2.22. The summed E-state index contributed by atoms with van der Waals surface area (Å²) < 4.78 is 8.79. The van der Waals surface area contributed by atoms with E-state index in [-0.39, 0.29) is 14.9 Å². The summed E-state index contributed by atoms with van der Waals surface area (Å²) in [5.74, 6) is 0. The van der Waals surface area contributed by atoms with Crippen LogP contribution in [0.5, 0.6) is 0 Å². The molecule has 0 spiro atoms. The van der Waals surface area contributed by atoms with Crippen LogP contribution in [-0.4, -0.2) is 27.9 Å². The van der Waals surface area contributed by atoms with Crippen LogP contribution in [-0.2, 0) is 9.47 Å². The molecule has 0 fully saturated rings. The van der Waals surface area contributed by atoms with Gasteiger partial charge in [-0.05, 0) is 6.92 Å². The fourth-order valence-electron chi connectivity index (χ4n) is 0. The Morgan fingerprint density at radius 3 is 1.11 bits per heavy atom. The van der Waals surface area contributed by atoms with Crippen molar-refractivity contribution in [2.45, 2.75) is 21.8 Å². The number of ether oxygens (including phenoxy) is 2. The Balaban J connectivity index is -0.0000000233. The van der Waals surface area contributed by atoms with Gasteiger partial charge < -0.3 is 9.47 Å². The molecule has 2 heteroatoms. The van der Waals surface area contributed by atoms with Crippen LogP contribution in [0.25, 0.3) is 0 Å². The first-order valence-corrected chi connectivity index (χ1v) is 2.22. The first-order chi connectivity index (χ1) is 3.33. The van der Waals surface area contributed by atoms with Gasteiger partial charge in [0.1, 0.15) is 0 Å². The van der Waals surface area contributed by atoms with E-state index in [1.54, 1.807) is 21.3 Å². The molecule has 0 aromatic carbocycles. The molecule has 0 heterocycles. The number of hydrogen-bond acceptors (Lipinski definition) is 2. The molecule has 0 unspecified atom stereocenters. The van der Waals surface area contributed by atoms with E-state index in [2.05, 4.69) is 9.47 Å². The van der Waals surface area contributed by atoms with Gasteiger partial charge in [0, 0.05) is 27.9 Å². The van der Waals surface area contributed by atoms with Crippen molar-refractivity contribution in [3.05, 3.63) is 0 Å². The van der Waals surface area contributed by atoms with Crippen molar-refractivity contribution in [2.75, 3.05) is 27.9 Å². The molecular formula is C7H22O2. The number of methoxy groups -OCH3 is 2.